The fourth-order valence-electron chi connectivity index (χ4n) is 2.95. The van der Waals surface area contributed by atoms with E-state index < -0.39 is 10.0 Å². The Balaban J connectivity index is 2.17. The van der Waals surface area contributed by atoms with Gasteiger partial charge < -0.3 is 5.73 Å². The van der Waals surface area contributed by atoms with E-state index in [9.17, 15) is 8.42 Å². The van der Waals surface area contributed by atoms with Crippen LogP contribution in [0.5, 0.6) is 0 Å². The van der Waals surface area contributed by atoms with Crippen LogP contribution in [0.3, 0.4) is 0 Å². The van der Waals surface area contributed by atoms with Gasteiger partial charge in [0, 0.05) is 13.1 Å². The summed E-state index contributed by atoms with van der Waals surface area (Å²) >= 11 is 5.94. The Morgan fingerprint density at radius 2 is 1.90 bits per heavy atom. The summed E-state index contributed by atoms with van der Waals surface area (Å²) in [6, 6.07) is 4.57. The fraction of sp³-hybridized carbons (Fsp3) is 0.600. The van der Waals surface area contributed by atoms with Crippen molar-refractivity contribution in [2.75, 3.05) is 12.8 Å². The molecule has 1 fully saturated rings. The van der Waals surface area contributed by atoms with Crippen molar-refractivity contribution < 1.29 is 8.42 Å². The van der Waals surface area contributed by atoms with Crippen molar-refractivity contribution in [2.24, 2.45) is 5.92 Å². The maximum atomic E-state index is 12.7. The Kier molecular flexibility index (Phi) is 5.17. The summed E-state index contributed by atoms with van der Waals surface area (Å²) in [7, 11) is -1.85. The van der Waals surface area contributed by atoms with Crippen LogP contribution in [0.15, 0.2) is 23.1 Å². The molecule has 1 aliphatic rings. The summed E-state index contributed by atoms with van der Waals surface area (Å²) < 4.78 is 26.8. The van der Waals surface area contributed by atoms with Crippen LogP contribution in [0.4, 0.5) is 5.69 Å². The maximum Gasteiger partial charge on any atom is 0.243 e. The summed E-state index contributed by atoms with van der Waals surface area (Å²) in [6.45, 7) is 2.20. The number of halogens is 1. The summed E-state index contributed by atoms with van der Waals surface area (Å²) in [5.41, 5.74) is 6.03. The highest BCUT2D eigenvalue weighted by Crippen LogP contribution is 2.32. The van der Waals surface area contributed by atoms with E-state index in [-0.39, 0.29) is 16.0 Å². The van der Waals surface area contributed by atoms with Gasteiger partial charge in [0.05, 0.1) is 15.6 Å². The lowest BCUT2D eigenvalue weighted by Gasteiger charge is -2.33. The van der Waals surface area contributed by atoms with Crippen LogP contribution in [-0.2, 0) is 10.0 Å². The van der Waals surface area contributed by atoms with Crippen molar-refractivity contribution in [3.63, 3.8) is 0 Å². The van der Waals surface area contributed by atoms with E-state index in [2.05, 4.69) is 6.92 Å². The molecule has 21 heavy (non-hydrogen) atoms. The van der Waals surface area contributed by atoms with Crippen molar-refractivity contribution in [3.8, 4) is 0 Å². The predicted octanol–water partition coefficient (Wildman–Crippen LogP) is 3.51. The topological polar surface area (TPSA) is 63.4 Å². The molecular weight excluding hydrogens is 308 g/mol. The highest BCUT2D eigenvalue weighted by molar-refractivity contribution is 7.89. The summed E-state index contributed by atoms with van der Waals surface area (Å²) in [4.78, 5) is 0.210. The second kappa shape index (κ2) is 6.55. The number of rotatable bonds is 4. The molecule has 1 aliphatic carbocycles. The average Bonchev–Trinajstić information content (AvgIpc) is 2.49. The molecule has 2 rings (SSSR count). The minimum absolute atomic E-state index is 0.0779. The minimum Gasteiger partial charge on any atom is -0.398 e. The van der Waals surface area contributed by atoms with Crippen LogP contribution in [0, 0.1) is 5.92 Å². The van der Waals surface area contributed by atoms with Crippen LogP contribution >= 0.6 is 11.6 Å². The average molecular weight is 331 g/mol. The number of hydrogen-bond donors (Lipinski definition) is 1. The molecule has 1 aromatic rings. The Labute approximate surface area is 132 Å². The summed E-state index contributed by atoms with van der Waals surface area (Å²) in [6.07, 6.45) is 5.23. The molecule has 4 nitrogen and oxygen atoms in total. The van der Waals surface area contributed by atoms with Gasteiger partial charge in [0.25, 0.3) is 0 Å². The molecule has 0 atom stereocenters. The zero-order chi connectivity index (χ0) is 15.6. The highest BCUT2D eigenvalue weighted by atomic mass is 35.5. The first-order valence-electron chi connectivity index (χ1n) is 7.39. The van der Waals surface area contributed by atoms with Crippen molar-refractivity contribution in [1.29, 1.82) is 0 Å². The van der Waals surface area contributed by atoms with Gasteiger partial charge in [-0.15, -0.1) is 0 Å². The van der Waals surface area contributed by atoms with Crippen molar-refractivity contribution in [3.05, 3.63) is 23.2 Å². The zero-order valence-corrected chi connectivity index (χ0v) is 14.1. The number of nitrogen functional groups attached to an aromatic ring is 1. The highest BCUT2D eigenvalue weighted by Gasteiger charge is 2.31. The van der Waals surface area contributed by atoms with Crippen molar-refractivity contribution in [2.45, 2.75) is 50.0 Å². The normalized spacial score (nSPS) is 23.4. The van der Waals surface area contributed by atoms with Gasteiger partial charge in [0.2, 0.25) is 10.0 Å². The number of hydrogen-bond acceptors (Lipinski definition) is 3. The first-order valence-corrected chi connectivity index (χ1v) is 9.21. The maximum absolute atomic E-state index is 12.7. The number of benzene rings is 1. The molecule has 1 saturated carbocycles. The number of anilines is 1. The molecule has 0 heterocycles. The van der Waals surface area contributed by atoms with E-state index in [1.165, 1.54) is 28.9 Å². The molecule has 6 heteroatoms. The van der Waals surface area contributed by atoms with Crippen LogP contribution in [0.2, 0.25) is 5.02 Å². The van der Waals surface area contributed by atoms with Gasteiger partial charge in [-0.2, -0.15) is 4.31 Å². The Hall–Kier alpha value is -0.780. The Bertz CT molecular complexity index is 596. The van der Waals surface area contributed by atoms with E-state index in [1.54, 1.807) is 7.05 Å². The number of nitrogens with two attached hydrogens (primary N) is 1. The number of sulfonamides is 1. The predicted molar refractivity (Wildman–Crippen MR) is 86.9 cm³/mol. The van der Waals surface area contributed by atoms with E-state index in [0.29, 0.717) is 5.69 Å². The van der Waals surface area contributed by atoms with Gasteiger partial charge >= 0.3 is 0 Å². The molecule has 0 aliphatic heterocycles. The first kappa shape index (κ1) is 16.6. The third kappa shape index (κ3) is 3.52. The summed E-state index contributed by atoms with van der Waals surface area (Å²) in [5.74, 6) is 0.739. The number of nitrogens with zero attached hydrogens (tertiary/aromatic N) is 1. The molecular formula is C15H23ClN2O2S. The molecule has 0 radical (unpaired) electrons. The molecule has 0 aromatic heterocycles. The minimum atomic E-state index is -3.51. The van der Waals surface area contributed by atoms with E-state index >= 15 is 0 Å². The summed E-state index contributed by atoms with van der Waals surface area (Å²) in [5, 5.41) is 0.277. The van der Waals surface area contributed by atoms with Gasteiger partial charge in [-0.05, 0) is 49.8 Å². The molecule has 0 amide bonds. The second-order valence-corrected chi connectivity index (χ2v) is 8.19. The quantitative estimate of drug-likeness (QED) is 0.859. The standard InChI is InChI=1S/C15H23ClN2O2S/c1-3-11-4-6-12(7-5-11)18(2)21(19,20)13-8-9-15(17)14(16)10-13/h8-12H,3-7,17H2,1-2H3. The van der Waals surface area contributed by atoms with Crippen LogP contribution in [0.1, 0.15) is 39.0 Å². The van der Waals surface area contributed by atoms with Crippen LogP contribution in [-0.4, -0.2) is 25.8 Å². The van der Waals surface area contributed by atoms with Gasteiger partial charge in [0.15, 0.2) is 0 Å². The Morgan fingerprint density at radius 1 is 1.29 bits per heavy atom. The largest absolute Gasteiger partial charge is 0.398 e. The van der Waals surface area contributed by atoms with Gasteiger partial charge in [-0.25, -0.2) is 8.42 Å². The lowest BCUT2D eigenvalue weighted by Crippen LogP contribution is -2.39. The van der Waals surface area contributed by atoms with Gasteiger partial charge in [0.1, 0.15) is 0 Å². The van der Waals surface area contributed by atoms with E-state index in [1.807, 2.05) is 0 Å². The molecule has 0 spiro atoms. The lowest BCUT2D eigenvalue weighted by atomic mass is 9.85. The molecule has 0 bridgehead atoms. The third-order valence-corrected chi connectivity index (χ3v) is 6.79. The molecule has 1 aromatic carbocycles. The third-order valence-electron chi connectivity index (χ3n) is 4.56. The van der Waals surface area contributed by atoms with Crippen LogP contribution < -0.4 is 5.73 Å². The zero-order valence-electron chi connectivity index (χ0n) is 12.5. The van der Waals surface area contributed by atoms with Crippen molar-refractivity contribution >= 4 is 27.3 Å². The Morgan fingerprint density at radius 3 is 2.43 bits per heavy atom. The lowest BCUT2D eigenvalue weighted by molar-refractivity contribution is 0.233. The van der Waals surface area contributed by atoms with Crippen LogP contribution in [0.25, 0.3) is 0 Å². The van der Waals surface area contributed by atoms with Gasteiger partial charge in [-0.1, -0.05) is 24.9 Å². The van der Waals surface area contributed by atoms with E-state index in [4.69, 9.17) is 17.3 Å². The van der Waals surface area contributed by atoms with Gasteiger partial charge in [-0.3, -0.25) is 0 Å². The fourth-order valence-corrected chi connectivity index (χ4v) is 4.64. The molecule has 2 N–H and O–H groups in total. The molecule has 118 valence electrons. The molecule has 0 unspecified atom stereocenters. The van der Waals surface area contributed by atoms with Crippen molar-refractivity contribution in [1.82, 2.24) is 4.31 Å². The second-order valence-electron chi connectivity index (χ2n) is 5.79. The van der Waals surface area contributed by atoms with E-state index in [0.717, 1.165) is 31.6 Å². The monoisotopic (exact) mass is 330 g/mol. The molecule has 0 saturated heterocycles. The first-order chi connectivity index (χ1) is 9.86. The smallest absolute Gasteiger partial charge is 0.243 e. The SMILES string of the molecule is CCC1CCC(N(C)S(=O)(=O)c2ccc(N)c(Cl)c2)CC1.